The van der Waals surface area contributed by atoms with Gasteiger partial charge < -0.3 is 0 Å². The van der Waals surface area contributed by atoms with Crippen molar-refractivity contribution >= 4 is 21.6 Å². The van der Waals surface area contributed by atoms with Gasteiger partial charge in [-0.25, -0.2) is 8.42 Å². The molecule has 0 spiro atoms. The number of benzene rings is 1. The van der Waals surface area contributed by atoms with Crippen LogP contribution in [0, 0.1) is 11.3 Å². The first-order valence-corrected chi connectivity index (χ1v) is 7.62. The second-order valence-electron chi connectivity index (χ2n) is 4.43. The van der Waals surface area contributed by atoms with Crippen molar-refractivity contribution in [3.05, 3.63) is 40.4 Å². The second kappa shape index (κ2) is 5.33. The fourth-order valence-electron chi connectivity index (χ4n) is 2.00. The van der Waals surface area contributed by atoms with Gasteiger partial charge in [0.05, 0.1) is 16.7 Å². The number of hydrogen-bond donors (Lipinski definition) is 0. The number of hydrogen-bond acceptors (Lipinski definition) is 3. The van der Waals surface area contributed by atoms with Crippen LogP contribution in [0.4, 0.5) is 0 Å². The highest BCUT2D eigenvalue weighted by Gasteiger charge is 2.27. The zero-order valence-electron chi connectivity index (χ0n) is 10.4. The Hall–Kier alpha value is -1.35. The third-order valence-corrected chi connectivity index (χ3v) is 5.30. The van der Waals surface area contributed by atoms with E-state index in [4.69, 9.17) is 16.9 Å². The summed E-state index contributed by atoms with van der Waals surface area (Å²) in [6.07, 6.45) is 2.74. The number of halogens is 1. The Morgan fingerprint density at radius 2 is 2.16 bits per heavy atom. The van der Waals surface area contributed by atoms with Crippen LogP contribution in [0.15, 0.2) is 34.7 Å². The van der Waals surface area contributed by atoms with Crippen molar-refractivity contribution in [2.75, 3.05) is 13.1 Å². The van der Waals surface area contributed by atoms with Gasteiger partial charge in [0.1, 0.15) is 4.90 Å². The van der Waals surface area contributed by atoms with Crippen LogP contribution >= 0.6 is 11.6 Å². The first kappa shape index (κ1) is 14.1. The number of nitriles is 1. The van der Waals surface area contributed by atoms with Crippen molar-refractivity contribution in [3.63, 3.8) is 0 Å². The summed E-state index contributed by atoms with van der Waals surface area (Å²) in [7, 11) is -3.60. The van der Waals surface area contributed by atoms with Crippen LogP contribution in [0.3, 0.4) is 0 Å². The van der Waals surface area contributed by atoms with Crippen LogP contribution in [0.25, 0.3) is 0 Å². The quantitative estimate of drug-likeness (QED) is 0.788. The summed E-state index contributed by atoms with van der Waals surface area (Å²) in [5, 5.41) is 8.85. The molecule has 0 aromatic heterocycles. The molecule has 0 bridgehead atoms. The average molecular weight is 297 g/mol. The van der Waals surface area contributed by atoms with Crippen molar-refractivity contribution in [3.8, 4) is 6.07 Å². The highest BCUT2D eigenvalue weighted by molar-refractivity contribution is 7.89. The molecular weight excluding hydrogens is 284 g/mol. The average Bonchev–Trinajstić information content (AvgIpc) is 2.38. The molecule has 1 aliphatic rings. The van der Waals surface area contributed by atoms with E-state index in [0.29, 0.717) is 25.1 Å². The minimum atomic E-state index is -3.60. The van der Waals surface area contributed by atoms with Crippen molar-refractivity contribution in [2.24, 2.45) is 0 Å². The number of nitrogens with zero attached hydrogens (tertiary/aromatic N) is 2. The summed E-state index contributed by atoms with van der Waals surface area (Å²) in [4.78, 5) is 0.0582. The molecule has 6 heteroatoms. The van der Waals surface area contributed by atoms with Gasteiger partial charge in [-0.15, -0.1) is 0 Å². The molecule has 1 aromatic carbocycles. The number of sulfonamides is 1. The van der Waals surface area contributed by atoms with Crippen molar-refractivity contribution in [2.45, 2.75) is 18.2 Å². The third kappa shape index (κ3) is 2.81. The van der Waals surface area contributed by atoms with E-state index in [0.717, 1.165) is 5.57 Å². The highest BCUT2D eigenvalue weighted by Crippen LogP contribution is 2.27. The molecule has 19 heavy (non-hydrogen) atoms. The van der Waals surface area contributed by atoms with E-state index in [1.165, 1.54) is 22.5 Å². The van der Waals surface area contributed by atoms with Crippen LogP contribution in [0.2, 0.25) is 5.02 Å². The fourth-order valence-corrected chi connectivity index (χ4v) is 4.02. The third-order valence-electron chi connectivity index (χ3n) is 2.98. The standard InChI is InChI=1S/C13H13ClN2O2S/c1-10-3-2-6-16(9-10)19(17,18)13-5-4-11(8-15)7-12(13)14/h3-5,7H,2,6,9H2,1H3. The lowest BCUT2D eigenvalue weighted by atomic mass is 10.2. The van der Waals surface area contributed by atoms with E-state index in [2.05, 4.69) is 0 Å². The molecule has 0 saturated carbocycles. The molecule has 0 radical (unpaired) electrons. The zero-order chi connectivity index (χ0) is 14.0. The minimum absolute atomic E-state index is 0.0582. The normalized spacial score (nSPS) is 16.8. The first-order chi connectivity index (χ1) is 8.95. The van der Waals surface area contributed by atoms with Gasteiger partial charge >= 0.3 is 0 Å². The molecule has 4 nitrogen and oxygen atoms in total. The Kier molecular flexibility index (Phi) is 3.95. The molecule has 0 amide bonds. The minimum Gasteiger partial charge on any atom is -0.207 e. The van der Waals surface area contributed by atoms with E-state index >= 15 is 0 Å². The molecule has 1 aliphatic heterocycles. The molecule has 1 aromatic rings. The van der Waals surface area contributed by atoms with Crippen LogP contribution < -0.4 is 0 Å². The number of rotatable bonds is 2. The first-order valence-electron chi connectivity index (χ1n) is 5.80. The van der Waals surface area contributed by atoms with Crippen LogP contribution in [0.1, 0.15) is 18.9 Å². The maximum atomic E-state index is 12.5. The van der Waals surface area contributed by atoms with Crippen LogP contribution in [-0.2, 0) is 10.0 Å². The van der Waals surface area contributed by atoms with Gasteiger partial charge in [-0.1, -0.05) is 23.3 Å². The molecule has 0 unspecified atom stereocenters. The summed E-state index contributed by atoms with van der Waals surface area (Å²) in [5.41, 5.74) is 1.37. The SMILES string of the molecule is CC1=CCCN(S(=O)(=O)c2ccc(C#N)cc2Cl)C1. The van der Waals surface area contributed by atoms with E-state index in [1.807, 2.05) is 19.1 Å². The topological polar surface area (TPSA) is 61.2 Å². The fraction of sp³-hybridized carbons (Fsp3) is 0.308. The summed E-state index contributed by atoms with van der Waals surface area (Å²) in [6, 6.07) is 6.16. The summed E-state index contributed by atoms with van der Waals surface area (Å²) >= 11 is 5.98. The van der Waals surface area contributed by atoms with Crippen LogP contribution in [-0.4, -0.2) is 25.8 Å². The Balaban J connectivity index is 2.40. The highest BCUT2D eigenvalue weighted by atomic mass is 35.5. The van der Waals surface area contributed by atoms with Crippen molar-refractivity contribution in [1.29, 1.82) is 5.26 Å². The van der Waals surface area contributed by atoms with E-state index in [1.54, 1.807) is 0 Å². The van der Waals surface area contributed by atoms with Gasteiger partial charge in [-0.05, 0) is 31.5 Å². The molecule has 100 valence electrons. The van der Waals surface area contributed by atoms with Gasteiger partial charge in [0.15, 0.2) is 0 Å². The molecule has 0 N–H and O–H groups in total. The van der Waals surface area contributed by atoms with Gasteiger partial charge in [0, 0.05) is 13.1 Å². The van der Waals surface area contributed by atoms with E-state index < -0.39 is 10.0 Å². The van der Waals surface area contributed by atoms with E-state index in [9.17, 15) is 8.42 Å². The lowest BCUT2D eigenvalue weighted by Crippen LogP contribution is -2.35. The largest absolute Gasteiger partial charge is 0.244 e. The summed E-state index contributed by atoms with van der Waals surface area (Å²) in [5.74, 6) is 0. The lowest BCUT2D eigenvalue weighted by molar-refractivity contribution is 0.428. The van der Waals surface area contributed by atoms with Gasteiger partial charge in [-0.2, -0.15) is 9.57 Å². The summed E-state index contributed by atoms with van der Waals surface area (Å²) in [6.45, 7) is 2.75. The monoisotopic (exact) mass is 296 g/mol. The molecule has 0 saturated heterocycles. The van der Waals surface area contributed by atoms with Crippen molar-refractivity contribution in [1.82, 2.24) is 4.31 Å². The van der Waals surface area contributed by atoms with Gasteiger partial charge in [0.2, 0.25) is 10.0 Å². The Morgan fingerprint density at radius 1 is 1.42 bits per heavy atom. The van der Waals surface area contributed by atoms with Gasteiger partial charge in [-0.3, -0.25) is 0 Å². The predicted molar refractivity (Wildman–Crippen MR) is 73.3 cm³/mol. The summed E-state index contributed by atoms with van der Waals surface area (Å²) < 4.78 is 26.4. The second-order valence-corrected chi connectivity index (χ2v) is 6.75. The molecule has 0 fully saturated rings. The van der Waals surface area contributed by atoms with Crippen LogP contribution in [0.5, 0.6) is 0 Å². The van der Waals surface area contributed by atoms with Crippen molar-refractivity contribution < 1.29 is 8.42 Å². The predicted octanol–water partition coefficient (Wildman–Crippen LogP) is 2.55. The molecule has 0 atom stereocenters. The Morgan fingerprint density at radius 3 is 2.74 bits per heavy atom. The lowest BCUT2D eigenvalue weighted by Gasteiger charge is -2.25. The molecule has 2 rings (SSSR count). The maximum absolute atomic E-state index is 12.5. The van der Waals surface area contributed by atoms with Gasteiger partial charge in [0.25, 0.3) is 0 Å². The molecular formula is C13H13ClN2O2S. The maximum Gasteiger partial charge on any atom is 0.244 e. The smallest absolute Gasteiger partial charge is 0.207 e. The zero-order valence-corrected chi connectivity index (χ0v) is 12.0. The Labute approximate surface area is 118 Å². The molecule has 1 heterocycles. The Bertz CT molecular complexity index is 674. The molecule has 0 aliphatic carbocycles. The van der Waals surface area contributed by atoms with E-state index in [-0.39, 0.29) is 9.92 Å².